The first-order chi connectivity index (χ1) is 8.61. The van der Waals surface area contributed by atoms with E-state index in [0.717, 1.165) is 18.8 Å². The van der Waals surface area contributed by atoms with E-state index >= 15 is 0 Å². The minimum Gasteiger partial charge on any atom is -0.304 e. The van der Waals surface area contributed by atoms with Gasteiger partial charge in [0.2, 0.25) is 0 Å². The highest BCUT2D eigenvalue weighted by Gasteiger charge is 2.12. The van der Waals surface area contributed by atoms with Crippen molar-refractivity contribution in [1.29, 1.82) is 0 Å². The molecular weight excluding hydrogens is 226 g/mol. The summed E-state index contributed by atoms with van der Waals surface area (Å²) in [6, 6.07) is 2.31. The zero-order chi connectivity index (χ0) is 13.1. The summed E-state index contributed by atoms with van der Waals surface area (Å²) in [4.78, 5) is 0. The molecule has 1 atom stereocenters. The number of hydrogen-bond acceptors (Lipinski definition) is 3. The molecule has 0 fully saturated rings. The topological polar surface area (TPSA) is 47.7 Å². The van der Waals surface area contributed by atoms with Crippen LogP contribution in [0.2, 0.25) is 0 Å². The number of rotatable bonds is 5. The maximum atomic E-state index is 4.37. The normalized spacial score (nSPS) is 12.9. The summed E-state index contributed by atoms with van der Waals surface area (Å²) in [5.74, 6) is 0. The molecule has 0 saturated carbocycles. The van der Waals surface area contributed by atoms with Gasteiger partial charge in [-0.15, -0.1) is 0 Å². The van der Waals surface area contributed by atoms with Gasteiger partial charge in [0.15, 0.2) is 0 Å². The Labute approximate surface area is 108 Å². The molecule has 2 aromatic heterocycles. The monoisotopic (exact) mass is 247 g/mol. The number of nitrogens with zero attached hydrogens (tertiary/aromatic N) is 4. The van der Waals surface area contributed by atoms with E-state index in [-0.39, 0.29) is 6.04 Å². The van der Waals surface area contributed by atoms with Crippen molar-refractivity contribution >= 4 is 0 Å². The maximum Gasteiger partial charge on any atom is 0.0762 e. The number of hydrogen-bond donors (Lipinski definition) is 1. The summed E-state index contributed by atoms with van der Waals surface area (Å²) in [6.07, 6.45) is 3.91. The largest absolute Gasteiger partial charge is 0.304 e. The summed E-state index contributed by atoms with van der Waals surface area (Å²) in [5.41, 5.74) is 3.55. The fourth-order valence-electron chi connectivity index (χ4n) is 2.13. The molecule has 0 aliphatic rings. The van der Waals surface area contributed by atoms with Crippen LogP contribution < -0.4 is 5.32 Å². The average Bonchev–Trinajstić information content (AvgIpc) is 2.92. The van der Waals surface area contributed by atoms with E-state index in [1.807, 2.05) is 34.9 Å². The lowest BCUT2D eigenvalue weighted by Gasteiger charge is -2.12. The average molecular weight is 247 g/mol. The number of aryl methyl sites for hydroxylation is 2. The molecule has 0 radical (unpaired) electrons. The lowest BCUT2D eigenvalue weighted by molar-refractivity contribution is 0.556. The van der Waals surface area contributed by atoms with Crippen molar-refractivity contribution in [3.63, 3.8) is 0 Å². The van der Waals surface area contributed by atoms with Crippen molar-refractivity contribution in [2.45, 2.75) is 39.9 Å². The predicted octanol–water partition coefficient (Wildman–Crippen LogP) is 1.80. The Morgan fingerprint density at radius 3 is 2.78 bits per heavy atom. The molecule has 98 valence electrons. The molecule has 0 saturated heterocycles. The van der Waals surface area contributed by atoms with Crippen molar-refractivity contribution in [1.82, 2.24) is 24.9 Å². The van der Waals surface area contributed by atoms with E-state index in [9.17, 15) is 0 Å². The van der Waals surface area contributed by atoms with E-state index in [1.165, 1.54) is 11.3 Å². The van der Waals surface area contributed by atoms with Crippen LogP contribution in [0.5, 0.6) is 0 Å². The Morgan fingerprint density at radius 2 is 2.22 bits per heavy atom. The standard InChI is InChI=1S/C13H21N5/c1-5-18-11(3)13(9-15-18)10(2)14-8-12-6-7-17(4)16-12/h6-7,9-10,14H,5,8H2,1-4H3. The Balaban J connectivity index is 1.99. The van der Waals surface area contributed by atoms with Gasteiger partial charge in [-0.2, -0.15) is 10.2 Å². The first-order valence-corrected chi connectivity index (χ1v) is 6.36. The second-order valence-electron chi connectivity index (χ2n) is 4.58. The van der Waals surface area contributed by atoms with Crippen LogP contribution in [0.15, 0.2) is 18.5 Å². The van der Waals surface area contributed by atoms with Crippen LogP contribution in [0.25, 0.3) is 0 Å². The van der Waals surface area contributed by atoms with Crippen molar-refractivity contribution in [2.24, 2.45) is 7.05 Å². The van der Waals surface area contributed by atoms with Crippen LogP contribution in [0, 0.1) is 6.92 Å². The van der Waals surface area contributed by atoms with Crippen LogP contribution in [-0.2, 0) is 20.1 Å². The molecule has 2 heterocycles. The van der Waals surface area contributed by atoms with Crippen molar-refractivity contribution in [2.75, 3.05) is 0 Å². The molecule has 0 aliphatic carbocycles. The quantitative estimate of drug-likeness (QED) is 0.876. The molecule has 18 heavy (non-hydrogen) atoms. The molecular formula is C13H21N5. The molecule has 5 heteroatoms. The molecule has 0 amide bonds. The third-order valence-corrected chi connectivity index (χ3v) is 3.27. The van der Waals surface area contributed by atoms with Gasteiger partial charge in [-0.3, -0.25) is 9.36 Å². The molecule has 1 N–H and O–H groups in total. The second-order valence-corrected chi connectivity index (χ2v) is 4.58. The van der Waals surface area contributed by atoms with Crippen LogP contribution in [0.1, 0.15) is 36.8 Å². The summed E-state index contributed by atoms with van der Waals surface area (Å²) < 4.78 is 3.84. The van der Waals surface area contributed by atoms with Gasteiger partial charge in [0.05, 0.1) is 11.9 Å². The minimum absolute atomic E-state index is 0.285. The molecule has 0 aromatic carbocycles. The van der Waals surface area contributed by atoms with Gasteiger partial charge in [0.1, 0.15) is 0 Å². The molecule has 5 nitrogen and oxygen atoms in total. The van der Waals surface area contributed by atoms with Gasteiger partial charge >= 0.3 is 0 Å². The summed E-state index contributed by atoms with van der Waals surface area (Å²) in [5, 5.41) is 12.2. The van der Waals surface area contributed by atoms with Gasteiger partial charge in [0, 0.05) is 43.6 Å². The van der Waals surface area contributed by atoms with Crippen LogP contribution in [0.3, 0.4) is 0 Å². The van der Waals surface area contributed by atoms with Gasteiger partial charge in [-0.05, 0) is 26.8 Å². The van der Waals surface area contributed by atoms with Gasteiger partial charge in [0.25, 0.3) is 0 Å². The lowest BCUT2D eigenvalue weighted by Crippen LogP contribution is -2.19. The smallest absolute Gasteiger partial charge is 0.0762 e. The molecule has 1 unspecified atom stereocenters. The van der Waals surface area contributed by atoms with Crippen LogP contribution >= 0.6 is 0 Å². The fourth-order valence-corrected chi connectivity index (χ4v) is 2.13. The lowest BCUT2D eigenvalue weighted by atomic mass is 10.1. The maximum absolute atomic E-state index is 4.37. The Morgan fingerprint density at radius 1 is 1.44 bits per heavy atom. The third kappa shape index (κ3) is 2.61. The molecule has 0 aliphatic heterocycles. The third-order valence-electron chi connectivity index (χ3n) is 3.27. The van der Waals surface area contributed by atoms with Gasteiger partial charge in [-0.1, -0.05) is 0 Å². The summed E-state index contributed by atoms with van der Waals surface area (Å²) in [7, 11) is 1.93. The molecule has 0 spiro atoms. The van der Waals surface area contributed by atoms with E-state index in [1.54, 1.807) is 0 Å². The Bertz CT molecular complexity index is 511. The van der Waals surface area contributed by atoms with E-state index < -0.39 is 0 Å². The Hall–Kier alpha value is -1.62. The second kappa shape index (κ2) is 5.35. The highest BCUT2D eigenvalue weighted by Crippen LogP contribution is 2.17. The predicted molar refractivity (Wildman–Crippen MR) is 71.1 cm³/mol. The van der Waals surface area contributed by atoms with Crippen molar-refractivity contribution in [3.05, 3.63) is 35.4 Å². The number of aromatic nitrogens is 4. The van der Waals surface area contributed by atoms with Gasteiger partial charge < -0.3 is 5.32 Å². The molecule has 0 bridgehead atoms. The van der Waals surface area contributed by atoms with E-state index in [4.69, 9.17) is 0 Å². The van der Waals surface area contributed by atoms with Crippen LogP contribution in [0.4, 0.5) is 0 Å². The van der Waals surface area contributed by atoms with E-state index in [0.29, 0.717) is 0 Å². The SMILES string of the molecule is CCn1ncc(C(C)NCc2ccn(C)n2)c1C. The van der Waals surface area contributed by atoms with Crippen molar-refractivity contribution in [3.8, 4) is 0 Å². The zero-order valence-corrected chi connectivity index (χ0v) is 11.5. The summed E-state index contributed by atoms with van der Waals surface area (Å²) in [6.45, 7) is 8.07. The van der Waals surface area contributed by atoms with E-state index in [2.05, 4.69) is 36.3 Å². The highest BCUT2D eigenvalue weighted by molar-refractivity contribution is 5.20. The first-order valence-electron chi connectivity index (χ1n) is 6.36. The summed E-state index contributed by atoms with van der Waals surface area (Å²) >= 11 is 0. The zero-order valence-electron chi connectivity index (χ0n) is 11.5. The fraction of sp³-hybridized carbons (Fsp3) is 0.538. The minimum atomic E-state index is 0.285. The van der Waals surface area contributed by atoms with Gasteiger partial charge in [-0.25, -0.2) is 0 Å². The van der Waals surface area contributed by atoms with Crippen molar-refractivity contribution < 1.29 is 0 Å². The first kappa shape index (κ1) is 12.8. The number of nitrogens with one attached hydrogen (secondary N) is 1. The highest BCUT2D eigenvalue weighted by atomic mass is 15.3. The molecule has 2 aromatic rings. The van der Waals surface area contributed by atoms with Crippen LogP contribution in [-0.4, -0.2) is 19.6 Å². The Kier molecular flexibility index (Phi) is 3.81. The molecule has 2 rings (SSSR count).